The summed E-state index contributed by atoms with van der Waals surface area (Å²) in [6, 6.07) is 34.8. The van der Waals surface area contributed by atoms with Crippen LogP contribution in [0.5, 0.6) is 5.75 Å². The molecule has 4 aromatic carbocycles. The van der Waals surface area contributed by atoms with Gasteiger partial charge in [-0.25, -0.2) is 0 Å². The molecule has 6 N–H and O–H groups in total. The van der Waals surface area contributed by atoms with Crippen LogP contribution in [0.4, 0.5) is 11.4 Å². The second-order valence-electron chi connectivity index (χ2n) is 9.69. The van der Waals surface area contributed by atoms with E-state index < -0.39 is 11.7 Å². The third-order valence-corrected chi connectivity index (χ3v) is 6.58. The summed E-state index contributed by atoms with van der Waals surface area (Å²) in [5.74, 6) is 0.721. The molecule has 0 fully saturated rings. The lowest BCUT2D eigenvalue weighted by molar-refractivity contribution is 0.0558. The Morgan fingerprint density at radius 3 is 2.03 bits per heavy atom. The van der Waals surface area contributed by atoms with Crippen molar-refractivity contribution >= 4 is 11.4 Å². The van der Waals surface area contributed by atoms with Gasteiger partial charge in [-0.05, 0) is 66.4 Å². The first kappa shape index (κ1) is 27.2. The van der Waals surface area contributed by atoms with Crippen LogP contribution >= 0.6 is 0 Å². The van der Waals surface area contributed by atoms with Crippen LogP contribution in [0.2, 0.25) is 0 Å². The molecule has 0 aliphatic carbocycles. The number of ether oxygens (including phenoxy) is 1. The summed E-state index contributed by atoms with van der Waals surface area (Å²) in [5, 5.41) is 29.2. The summed E-state index contributed by atoms with van der Waals surface area (Å²) in [6.07, 6.45) is -0.280. The lowest BCUT2D eigenvalue weighted by Gasteiger charge is -2.33. The average Bonchev–Trinajstić information content (AvgIpc) is 2.95. The van der Waals surface area contributed by atoms with Crippen molar-refractivity contribution in [1.29, 1.82) is 0 Å². The molecule has 6 nitrogen and oxygen atoms in total. The van der Waals surface area contributed by atoms with E-state index in [1.54, 1.807) is 12.1 Å². The molecule has 0 saturated carbocycles. The fourth-order valence-electron chi connectivity index (χ4n) is 4.45. The monoisotopic (exact) mass is 511 g/mol. The highest BCUT2D eigenvalue weighted by Gasteiger charge is 2.33. The zero-order valence-electron chi connectivity index (χ0n) is 21.8. The van der Waals surface area contributed by atoms with E-state index in [2.05, 4.69) is 22.8 Å². The van der Waals surface area contributed by atoms with Crippen LogP contribution in [0.15, 0.2) is 109 Å². The number of nitrogens with one attached hydrogen (secondary N) is 2. The third kappa shape index (κ3) is 7.59. The fraction of sp³-hybridized carbons (Fsp3) is 0.250. The van der Waals surface area contributed by atoms with Gasteiger partial charge < -0.3 is 31.3 Å². The molecule has 0 aliphatic heterocycles. The number of hydrogen-bond acceptors (Lipinski definition) is 6. The highest BCUT2D eigenvalue weighted by atomic mass is 16.5. The van der Waals surface area contributed by atoms with Crippen molar-refractivity contribution in [2.24, 2.45) is 0 Å². The van der Waals surface area contributed by atoms with Gasteiger partial charge in [0.25, 0.3) is 0 Å². The molecule has 0 aliphatic rings. The molecular formula is C32H37N3O3. The van der Waals surface area contributed by atoms with Crippen LogP contribution in [0.1, 0.15) is 30.0 Å². The Morgan fingerprint density at radius 1 is 0.816 bits per heavy atom. The van der Waals surface area contributed by atoms with Crippen molar-refractivity contribution in [2.45, 2.75) is 37.6 Å². The molecule has 4 aromatic rings. The van der Waals surface area contributed by atoms with Crippen molar-refractivity contribution in [3.05, 3.63) is 126 Å². The van der Waals surface area contributed by atoms with Gasteiger partial charge in [-0.15, -0.1) is 0 Å². The molecule has 0 amide bonds. The lowest BCUT2D eigenvalue weighted by atomic mass is 9.81. The Balaban J connectivity index is 1.41. The summed E-state index contributed by atoms with van der Waals surface area (Å²) < 4.78 is 5.65. The van der Waals surface area contributed by atoms with E-state index in [-0.39, 0.29) is 12.6 Å². The maximum absolute atomic E-state index is 12.0. The van der Waals surface area contributed by atoms with Crippen molar-refractivity contribution in [1.82, 2.24) is 5.32 Å². The first-order valence-electron chi connectivity index (χ1n) is 13.0. The first-order valence-corrected chi connectivity index (χ1v) is 13.0. The Morgan fingerprint density at radius 2 is 1.39 bits per heavy atom. The third-order valence-electron chi connectivity index (χ3n) is 6.58. The fourth-order valence-corrected chi connectivity index (χ4v) is 4.45. The second kappa shape index (κ2) is 13.1. The molecule has 4 rings (SSSR count). The quantitative estimate of drug-likeness (QED) is 0.163. The van der Waals surface area contributed by atoms with E-state index in [4.69, 9.17) is 10.5 Å². The summed E-state index contributed by atoms with van der Waals surface area (Å²) in [5.41, 5.74) is 9.04. The Bertz CT molecular complexity index is 1230. The van der Waals surface area contributed by atoms with Gasteiger partial charge in [-0.3, -0.25) is 0 Å². The first-order chi connectivity index (χ1) is 18.4. The van der Waals surface area contributed by atoms with Crippen molar-refractivity contribution < 1.29 is 14.9 Å². The predicted molar refractivity (Wildman–Crippen MR) is 154 cm³/mol. The van der Waals surface area contributed by atoms with Gasteiger partial charge in [-0.1, -0.05) is 72.8 Å². The Labute approximate surface area is 225 Å². The molecule has 6 heteroatoms. The van der Waals surface area contributed by atoms with E-state index in [1.807, 2.05) is 91.9 Å². The van der Waals surface area contributed by atoms with Gasteiger partial charge in [0.15, 0.2) is 0 Å². The number of rotatable bonds is 13. The van der Waals surface area contributed by atoms with Crippen LogP contribution in [-0.4, -0.2) is 35.5 Å². The van der Waals surface area contributed by atoms with E-state index in [1.165, 1.54) is 5.56 Å². The molecule has 3 atom stereocenters. The molecule has 0 radical (unpaired) electrons. The number of anilines is 2. The minimum absolute atomic E-state index is 0.0974. The largest absolute Gasteiger partial charge is 0.491 e. The number of benzene rings is 4. The smallest absolute Gasteiger partial charge is 0.119 e. The molecule has 0 spiro atoms. The van der Waals surface area contributed by atoms with Gasteiger partial charge in [0.2, 0.25) is 0 Å². The second-order valence-corrected chi connectivity index (χ2v) is 9.69. The molecular weight excluding hydrogens is 474 g/mol. The van der Waals surface area contributed by atoms with Gasteiger partial charge in [0.05, 0.1) is 0 Å². The SMILES string of the molecule is CC(CC(O)(c1ccc(N)cc1)c1ccc(NCc2ccccc2)cc1)NC[C@H](O)COc1ccccc1. The number of para-hydroxylation sites is 1. The molecule has 0 saturated heterocycles. The van der Waals surface area contributed by atoms with Crippen molar-refractivity contribution in [2.75, 3.05) is 24.2 Å². The zero-order valence-corrected chi connectivity index (χ0v) is 21.8. The van der Waals surface area contributed by atoms with Crippen LogP contribution < -0.4 is 21.1 Å². The van der Waals surface area contributed by atoms with Crippen molar-refractivity contribution in [3.63, 3.8) is 0 Å². The standard InChI is InChI=1S/C32H37N3O3/c1-24(34-22-30(36)23-38-31-10-6-3-7-11-31)20-32(37,26-12-16-28(33)17-13-26)27-14-18-29(19-15-27)35-21-25-8-4-2-5-9-25/h2-19,24,30,34-37H,20-23,33H2,1H3/t24?,30-,32?/m0/s1. The van der Waals surface area contributed by atoms with Gasteiger partial charge in [0.1, 0.15) is 24.1 Å². The normalized spacial score (nSPS) is 14.3. The maximum atomic E-state index is 12.0. The van der Waals surface area contributed by atoms with E-state index in [0.717, 1.165) is 29.1 Å². The van der Waals surface area contributed by atoms with Crippen LogP contribution in [0.25, 0.3) is 0 Å². The lowest BCUT2D eigenvalue weighted by Crippen LogP contribution is -2.41. The summed E-state index contributed by atoms with van der Waals surface area (Å²) >= 11 is 0. The average molecular weight is 512 g/mol. The Hall–Kier alpha value is -3.84. The molecule has 198 valence electrons. The minimum Gasteiger partial charge on any atom is -0.491 e. The highest BCUT2D eigenvalue weighted by molar-refractivity contribution is 5.49. The predicted octanol–water partition coefficient (Wildman–Crippen LogP) is 4.92. The topological polar surface area (TPSA) is 99.8 Å². The molecule has 2 unspecified atom stereocenters. The Kier molecular flexibility index (Phi) is 9.38. The number of aliphatic hydroxyl groups is 2. The number of nitrogen functional groups attached to an aromatic ring is 1. The van der Waals surface area contributed by atoms with E-state index >= 15 is 0 Å². The van der Waals surface area contributed by atoms with Gasteiger partial charge >= 0.3 is 0 Å². The molecule has 0 aromatic heterocycles. The summed E-state index contributed by atoms with van der Waals surface area (Å²) in [6.45, 7) is 3.25. The maximum Gasteiger partial charge on any atom is 0.119 e. The minimum atomic E-state index is -1.25. The summed E-state index contributed by atoms with van der Waals surface area (Å²) in [4.78, 5) is 0. The highest BCUT2D eigenvalue weighted by Crippen LogP contribution is 2.35. The zero-order chi connectivity index (χ0) is 26.8. The van der Waals surface area contributed by atoms with Gasteiger partial charge in [-0.2, -0.15) is 0 Å². The van der Waals surface area contributed by atoms with Crippen LogP contribution in [0, 0.1) is 0 Å². The van der Waals surface area contributed by atoms with Crippen LogP contribution in [0.3, 0.4) is 0 Å². The molecule has 0 heterocycles. The summed E-state index contributed by atoms with van der Waals surface area (Å²) in [7, 11) is 0. The van der Waals surface area contributed by atoms with E-state index in [9.17, 15) is 10.2 Å². The molecule has 38 heavy (non-hydrogen) atoms. The van der Waals surface area contributed by atoms with Crippen molar-refractivity contribution in [3.8, 4) is 5.75 Å². The number of aliphatic hydroxyl groups excluding tert-OH is 1. The number of hydrogen-bond donors (Lipinski definition) is 5. The van der Waals surface area contributed by atoms with Gasteiger partial charge in [0, 0.05) is 30.5 Å². The molecule has 0 bridgehead atoms. The van der Waals surface area contributed by atoms with E-state index in [0.29, 0.717) is 18.7 Å². The number of nitrogens with two attached hydrogens (primary N) is 1. The van der Waals surface area contributed by atoms with Crippen LogP contribution in [-0.2, 0) is 12.1 Å².